The van der Waals surface area contributed by atoms with E-state index in [0.717, 1.165) is 30.7 Å². The molecule has 0 bridgehead atoms. The first-order valence-corrected chi connectivity index (χ1v) is 7.58. The summed E-state index contributed by atoms with van der Waals surface area (Å²) in [7, 11) is 0. The van der Waals surface area contributed by atoms with Crippen LogP contribution in [0.1, 0.15) is 45.5 Å². The van der Waals surface area contributed by atoms with Gasteiger partial charge in [-0.1, -0.05) is 13.8 Å². The van der Waals surface area contributed by atoms with E-state index in [1.54, 1.807) is 0 Å². The normalized spacial score (nSPS) is 12.3. The Hall–Kier alpha value is -1.88. The number of benzene rings is 1. The van der Waals surface area contributed by atoms with Gasteiger partial charge in [0.05, 0.1) is 12.6 Å². The molecule has 0 amide bonds. The molecular formula is C16H23N3O2. The monoisotopic (exact) mass is 289 g/mol. The van der Waals surface area contributed by atoms with Gasteiger partial charge >= 0.3 is 0 Å². The second kappa shape index (κ2) is 7.78. The summed E-state index contributed by atoms with van der Waals surface area (Å²) < 4.78 is 11.2. The van der Waals surface area contributed by atoms with E-state index < -0.39 is 0 Å². The zero-order chi connectivity index (χ0) is 15.1. The molecule has 1 atom stereocenters. The van der Waals surface area contributed by atoms with Gasteiger partial charge < -0.3 is 14.5 Å². The van der Waals surface area contributed by atoms with Gasteiger partial charge in [-0.15, -0.1) is 10.2 Å². The molecule has 2 aromatic rings. The fourth-order valence-electron chi connectivity index (χ4n) is 2.08. The third-order valence-corrected chi connectivity index (χ3v) is 3.20. The average Bonchev–Trinajstić information content (AvgIpc) is 2.99. The Morgan fingerprint density at radius 1 is 1.14 bits per heavy atom. The summed E-state index contributed by atoms with van der Waals surface area (Å²) in [6, 6.07) is 7.81. The zero-order valence-electron chi connectivity index (χ0n) is 12.9. The summed E-state index contributed by atoms with van der Waals surface area (Å²) in [5, 5.41) is 11.7. The van der Waals surface area contributed by atoms with Crippen LogP contribution in [0, 0.1) is 0 Å². The van der Waals surface area contributed by atoms with Crippen molar-refractivity contribution in [2.24, 2.45) is 0 Å². The number of aromatic nitrogens is 2. The Morgan fingerprint density at radius 2 is 1.90 bits per heavy atom. The maximum absolute atomic E-state index is 5.79. The lowest BCUT2D eigenvalue weighted by Crippen LogP contribution is -2.21. The molecule has 0 radical (unpaired) electrons. The Morgan fingerprint density at radius 3 is 2.52 bits per heavy atom. The molecule has 0 saturated heterocycles. The second-order valence-electron chi connectivity index (χ2n) is 4.82. The molecule has 1 aromatic heterocycles. The van der Waals surface area contributed by atoms with Gasteiger partial charge in [0.2, 0.25) is 11.8 Å². The fraction of sp³-hybridized carbons (Fsp3) is 0.500. The molecule has 0 aliphatic heterocycles. The number of rotatable bonds is 8. The first-order chi connectivity index (χ1) is 10.3. The highest BCUT2D eigenvalue weighted by Gasteiger charge is 2.16. The van der Waals surface area contributed by atoms with Crippen LogP contribution in [0.15, 0.2) is 28.7 Å². The topological polar surface area (TPSA) is 60.2 Å². The van der Waals surface area contributed by atoms with Gasteiger partial charge in [-0.05, 0) is 50.6 Å². The van der Waals surface area contributed by atoms with Crippen LogP contribution in [0.4, 0.5) is 0 Å². The van der Waals surface area contributed by atoms with Gasteiger partial charge in [0.15, 0.2) is 0 Å². The number of hydrogen-bond donors (Lipinski definition) is 1. The maximum Gasteiger partial charge on any atom is 0.247 e. The fourth-order valence-corrected chi connectivity index (χ4v) is 2.08. The molecule has 114 valence electrons. The Balaban J connectivity index is 2.11. The Kier molecular flexibility index (Phi) is 5.75. The van der Waals surface area contributed by atoms with Crippen LogP contribution in [0.5, 0.6) is 5.75 Å². The third kappa shape index (κ3) is 4.04. The van der Waals surface area contributed by atoms with E-state index in [1.165, 1.54) is 0 Å². The molecule has 0 fully saturated rings. The summed E-state index contributed by atoms with van der Waals surface area (Å²) in [4.78, 5) is 0. The highest BCUT2D eigenvalue weighted by molar-refractivity contribution is 5.53. The first-order valence-electron chi connectivity index (χ1n) is 7.58. The summed E-state index contributed by atoms with van der Waals surface area (Å²) in [5.74, 6) is 2.04. The van der Waals surface area contributed by atoms with E-state index in [1.807, 2.05) is 31.2 Å². The molecule has 1 aromatic carbocycles. The number of nitrogens with zero attached hydrogens (tertiary/aromatic N) is 2. The van der Waals surface area contributed by atoms with Crippen molar-refractivity contribution >= 4 is 0 Å². The molecule has 0 aliphatic rings. The average molecular weight is 289 g/mol. The van der Waals surface area contributed by atoms with E-state index in [4.69, 9.17) is 9.15 Å². The van der Waals surface area contributed by atoms with Gasteiger partial charge in [-0.3, -0.25) is 0 Å². The summed E-state index contributed by atoms with van der Waals surface area (Å²) >= 11 is 0. The third-order valence-electron chi connectivity index (χ3n) is 3.20. The van der Waals surface area contributed by atoms with Crippen LogP contribution in [0.3, 0.4) is 0 Å². The van der Waals surface area contributed by atoms with Crippen molar-refractivity contribution in [1.82, 2.24) is 15.5 Å². The van der Waals surface area contributed by atoms with Crippen molar-refractivity contribution in [3.8, 4) is 17.2 Å². The van der Waals surface area contributed by atoms with E-state index in [9.17, 15) is 0 Å². The van der Waals surface area contributed by atoms with Crippen LogP contribution in [0.2, 0.25) is 0 Å². The van der Waals surface area contributed by atoms with Crippen molar-refractivity contribution < 1.29 is 9.15 Å². The van der Waals surface area contributed by atoms with Crippen LogP contribution in [-0.4, -0.2) is 23.3 Å². The zero-order valence-corrected chi connectivity index (χ0v) is 12.9. The quantitative estimate of drug-likeness (QED) is 0.804. The minimum Gasteiger partial charge on any atom is -0.494 e. The van der Waals surface area contributed by atoms with E-state index in [2.05, 4.69) is 29.4 Å². The first kappa shape index (κ1) is 15.5. The number of nitrogens with one attached hydrogen (secondary N) is 1. The van der Waals surface area contributed by atoms with Crippen LogP contribution in [-0.2, 0) is 0 Å². The summed E-state index contributed by atoms with van der Waals surface area (Å²) in [6.07, 6.45) is 2.00. The molecule has 5 nitrogen and oxygen atoms in total. The van der Waals surface area contributed by atoms with E-state index in [0.29, 0.717) is 18.4 Å². The van der Waals surface area contributed by atoms with Crippen molar-refractivity contribution in [1.29, 1.82) is 0 Å². The molecule has 5 heteroatoms. The molecule has 0 saturated carbocycles. The summed E-state index contributed by atoms with van der Waals surface area (Å²) in [5.41, 5.74) is 0.905. The minimum atomic E-state index is 0.119. The van der Waals surface area contributed by atoms with Crippen LogP contribution < -0.4 is 10.1 Å². The van der Waals surface area contributed by atoms with Gasteiger partial charge in [-0.25, -0.2) is 0 Å². The maximum atomic E-state index is 5.79. The Labute approximate surface area is 125 Å². The predicted molar refractivity (Wildman–Crippen MR) is 82.2 cm³/mol. The smallest absolute Gasteiger partial charge is 0.247 e. The molecule has 0 aliphatic carbocycles. The lowest BCUT2D eigenvalue weighted by molar-refractivity contribution is 0.340. The standard InChI is InChI=1S/C16H23N3O2/c1-4-11-17-14(5-2)16-19-18-15(21-16)12-7-9-13(10-8-12)20-6-3/h7-10,14,17H,4-6,11H2,1-3H3. The molecule has 1 heterocycles. The number of hydrogen-bond acceptors (Lipinski definition) is 5. The minimum absolute atomic E-state index is 0.119. The van der Waals surface area contributed by atoms with Crippen molar-refractivity contribution in [2.45, 2.75) is 39.7 Å². The SMILES string of the molecule is CCCNC(CC)c1nnc(-c2ccc(OCC)cc2)o1. The van der Waals surface area contributed by atoms with Crippen molar-refractivity contribution in [2.75, 3.05) is 13.2 Å². The predicted octanol–water partition coefficient (Wildman–Crippen LogP) is 3.59. The van der Waals surface area contributed by atoms with Crippen LogP contribution in [0.25, 0.3) is 11.5 Å². The molecule has 2 rings (SSSR count). The van der Waals surface area contributed by atoms with Gasteiger partial charge in [0, 0.05) is 5.56 Å². The lowest BCUT2D eigenvalue weighted by Gasteiger charge is -2.11. The molecule has 0 spiro atoms. The molecule has 21 heavy (non-hydrogen) atoms. The van der Waals surface area contributed by atoms with Crippen molar-refractivity contribution in [3.63, 3.8) is 0 Å². The van der Waals surface area contributed by atoms with Gasteiger partial charge in [-0.2, -0.15) is 0 Å². The second-order valence-corrected chi connectivity index (χ2v) is 4.82. The highest BCUT2D eigenvalue weighted by atomic mass is 16.5. The molecular weight excluding hydrogens is 266 g/mol. The Bertz CT molecular complexity index is 537. The van der Waals surface area contributed by atoms with Crippen molar-refractivity contribution in [3.05, 3.63) is 30.2 Å². The van der Waals surface area contributed by atoms with Crippen LogP contribution >= 0.6 is 0 Å². The van der Waals surface area contributed by atoms with E-state index >= 15 is 0 Å². The number of ether oxygens (including phenoxy) is 1. The van der Waals surface area contributed by atoms with Gasteiger partial charge in [0.25, 0.3) is 0 Å². The van der Waals surface area contributed by atoms with E-state index in [-0.39, 0.29) is 6.04 Å². The molecule has 1 N–H and O–H groups in total. The van der Waals surface area contributed by atoms with Gasteiger partial charge in [0.1, 0.15) is 5.75 Å². The molecule has 1 unspecified atom stereocenters. The summed E-state index contributed by atoms with van der Waals surface area (Å²) in [6.45, 7) is 7.81. The highest BCUT2D eigenvalue weighted by Crippen LogP contribution is 2.24. The lowest BCUT2D eigenvalue weighted by atomic mass is 10.2. The largest absolute Gasteiger partial charge is 0.494 e.